The van der Waals surface area contributed by atoms with E-state index in [1.54, 1.807) is 13.0 Å². The number of benzene rings is 1. The van der Waals surface area contributed by atoms with E-state index in [-0.39, 0.29) is 11.9 Å². The molecule has 0 aliphatic carbocycles. The zero-order valence-corrected chi connectivity index (χ0v) is 14.6. The second kappa shape index (κ2) is 6.65. The molecule has 0 spiro atoms. The number of esters is 1. The van der Waals surface area contributed by atoms with Crippen molar-refractivity contribution in [2.75, 3.05) is 0 Å². The summed E-state index contributed by atoms with van der Waals surface area (Å²) in [6.45, 7) is 5.72. The van der Waals surface area contributed by atoms with Crippen molar-refractivity contribution in [1.82, 2.24) is 5.32 Å². The molecule has 1 aliphatic rings. The first-order valence-corrected chi connectivity index (χ1v) is 8.63. The molecule has 3 rings (SSSR count). The fourth-order valence-electron chi connectivity index (χ4n) is 2.47. The minimum atomic E-state index is -0.831. The lowest BCUT2D eigenvalue weighted by Crippen LogP contribution is -2.39. The van der Waals surface area contributed by atoms with Gasteiger partial charge in [-0.15, -0.1) is 11.3 Å². The summed E-state index contributed by atoms with van der Waals surface area (Å²) in [4.78, 5) is 25.7. The van der Waals surface area contributed by atoms with Gasteiger partial charge in [0.25, 0.3) is 5.91 Å². The molecule has 126 valence electrons. The fourth-order valence-corrected chi connectivity index (χ4v) is 3.55. The molecule has 1 aromatic carbocycles. The van der Waals surface area contributed by atoms with Crippen LogP contribution in [0.2, 0.25) is 0 Å². The summed E-state index contributed by atoms with van der Waals surface area (Å²) in [5.74, 6) is 0.0306. The van der Waals surface area contributed by atoms with E-state index in [4.69, 9.17) is 9.47 Å². The largest absolute Gasteiger partial charge is 0.488 e. The Hall–Kier alpha value is -2.34. The third-order valence-corrected chi connectivity index (χ3v) is 4.80. The van der Waals surface area contributed by atoms with Gasteiger partial charge >= 0.3 is 5.97 Å². The van der Waals surface area contributed by atoms with E-state index in [2.05, 4.69) is 5.32 Å². The Balaban J connectivity index is 1.77. The summed E-state index contributed by atoms with van der Waals surface area (Å²) in [5, 5.41) is 2.73. The molecule has 1 atom stereocenters. The third-order valence-electron chi connectivity index (χ3n) is 3.61. The van der Waals surface area contributed by atoms with Crippen molar-refractivity contribution in [3.63, 3.8) is 0 Å². The SMILES string of the molecule is CC(C)NC(=O)[C@@H](C)OC(=O)c1cc2c(s1)-c1ccccc1OC2. The van der Waals surface area contributed by atoms with Crippen LogP contribution in [0.5, 0.6) is 5.75 Å². The molecule has 6 heteroatoms. The highest BCUT2D eigenvalue weighted by molar-refractivity contribution is 7.17. The maximum atomic E-state index is 12.3. The van der Waals surface area contributed by atoms with Crippen LogP contribution in [0.3, 0.4) is 0 Å². The number of para-hydroxylation sites is 1. The van der Waals surface area contributed by atoms with Gasteiger partial charge in [-0.25, -0.2) is 4.79 Å². The molecule has 0 saturated heterocycles. The monoisotopic (exact) mass is 345 g/mol. The molecule has 0 unspecified atom stereocenters. The second-order valence-corrected chi connectivity index (χ2v) is 7.01. The Morgan fingerprint density at radius 2 is 2.00 bits per heavy atom. The molecule has 0 radical (unpaired) electrons. The number of amides is 1. The predicted octanol–water partition coefficient (Wildman–Crippen LogP) is 3.38. The van der Waals surface area contributed by atoms with Crippen LogP contribution in [-0.2, 0) is 16.1 Å². The van der Waals surface area contributed by atoms with Gasteiger partial charge in [-0.2, -0.15) is 0 Å². The molecule has 1 aliphatic heterocycles. The van der Waals surface area contributed by atoms with E-state index in [0.717, 1.165) is 21.8 Å². The first-order valence-electron chi connectivity index (χ1n) is 7.82. The fraction of sp³-hybridized carbons (Fsp3) is 0.333. The van der Waals surface area contributed by atoms with Crippen LogP contribution in [-0.4, -0.2) is 24.0 Å². The molecular formula is C18H19NO4S. The van der Waals surface area contributed by atoms with Crippen molar-refractivity contribution in [1.29, 1.82) is 0 Å². The molecule has 0 saturated carbocycles. The number of carbonyl (C=O) groups excluding carboxylic acids is 2. The smallest absolute Gasteiger partial charge is 0.349 e. The number of carbonyl (C=O) groups is 2. The molecule has 1 N–H and O–H groups in total. The van der Waals surface area contributed by atoms with Crippen LogP contribution in [0.4, 0.5) is 0 Å². The van der Waals surface area contributed by atoms with Crippen molar-refractivity contribution < 1.29 is 19.1 Å². The van der Waals surface area contributed by atoms with Crippen LogP contribution in [0, 0.1) is 0 Å². The molecule has 2 heterocycles. The lowest BCUT2D eigenvalue weighted by Gasteiger charge is -2.16. The highest BCUT2D eigenvalue weighted by Crippen LogP contribution is 2.42. The average molecular weight is 345 g/mol. The van der Waals surface area contributed by atoms with Crippen LogP contribution in [0.25, 0.3) is 10.4 Å². The quantitative estimate of drug-likeness (QED) is 0.863. The normalized spacial score (nSPS) is 13.5. The summed E-state index contributed by atoms with van der Waals surface area (Å²) >= 11 is 1.37. The number of rotatable bonds is 4. The maximum Gasteiger partial charge on any atom is 0.349 e. The number of hydrogen-bond donors (Lipinski definition) is 1. The number of thiophene rings is 1. The first-order chi connectivity index (χ1) is 11.5. The van der Waals surface area contributed by atoms with Crippen molar-refractivity contribution in [3.05, 3.63) is 40.8 Å². The lowest BCUT2D eigenvalue weighted by atomic mass is 10.1. The highest BCUT2D eigenvalue weighted by Gasteiger charge is 2.25. The zero-order valence-electron chi connectivity index (χ0n) is 13.8. The van der Waals surface area contributed by atoms with Crippen molar-refractivity contribution in [2.24, 2.45) is 0 Å². The van der Waals surface area contributed by atoms with E-state index < -0.39 is 12.1 Å². The molecule has 1 amide bonds. The van der Waals surface area contributed by atoms with Gasteiger partial charge in [-0.3, -0.25) is 4.79 Å². The molecule has 1 aromatic heterocycles. The maximum absolute atomic E-state index is 12.3. The van der Waals surface area contributed by atoms with E-state index in [1.807, 2.05) is 38.1 Å². The predicted molar refractivity (Wildman–Crippen MR) is 92.2 cm³/mol. The average Bonchev–Trinajstić information content (AvgIpc) is 2.99. The minimum absolute atomic E-state index is 0.00125. The van der Waals surface area contributed by atoms with Crippen molar-refractivity contribution in [2.45, 2.75) is 39.5 Å². The van der Waals surface area contributed by atoms with Gasteiger partial charge < -0.3 is 14.8 Å². The van der Waals surface area contributed by atoms with Crippen molar-refractivity contribution >= 4 is 23.2 Å². The number of hydrogen-bond acceptors (Lipinski definition) is 5. The third kappa shape index (κ3) is 3.28. The summed E-state index contributed by atoms with van der Waals surface area (Å²) in [6, 6.07) is 9.52. The van der Waals surface area contributed by atoms with E-state index in [9.17, 15) is 9.59 Å². The molecular weight excluding hydrogens is 326 g/mol. The van der Waals surface area contributed by atoms with Crippen LogP contribution < -0.4 is 10.1 Å². The Bertz CT molecular complexity index is 781. The Morgan fingerprint density at radius 1 is 1.25 bits per heavy atom. The zero-order chi connectivity index (χ0) is 17.3. The number of ether oxygens (including phenoxy) is 2. The standard InChI is InChI=1S/C18H19NO4S/c1-10(2)19-17(20)11(3)23-18(21)15-8-12-9-22-14-7-5-4-6-13(14)16(12)24-15/h4-8,10-11H,9H2,1-3H3,(H,19,20)/t11-/m1/s1. The summed E-state index contributed by atoms with van der Waals surface area (Å²) in [6.07, 6.45) is -0.831. The Morgan fingerprint density at radius 3 is 2.75 bits per heavy atom. The first kappa shape index (κ1) is 16.5. The van der Waals surface area contributed by atoms with Crippen molar-refractivity contribution in [3.8, 4) is 16.2 Å². The molecule has 5 nitrogen and oxygen atoms in total. The van der Waals surface area contributed by atoms with Gasteiger partial charge in [0.1, 0.15) is 17.2 Å². The molecule has 0 fully saturated rings. The van der Waals surface area contributed by atoms with E-state index in [0.29, 0.717) is 11.5 Å². The Labute approximate surface area is 144 Å². The lowest BCUT2D eigenvalue weighted by molar-refractivity contribution is -0.129. The van der Waals surface area contributed by atoms with Gasteiger partial charge in [0, 0.05) is 22.0 Å². The van der Waals surface area contributed by atoms with E-state index in [1.165, 1.54) is 11.3 Å². The van der Waals surface area contributed by atoms with Crippen LogP contribution >= 0.6 is 11.3 Å². The highest BCUT2D eigenvalue weighted by atomic mass is 32.1. The number of nitrogens with one attached hydrogen (secondary N) is 1. The van der Waals surface area contributed by atoms with E-state index >= 15 is 0 Å². The number of fused-ring (bicyclic) bond motifs is 3. The summed E-state index contributed by atoms with van der Waals surface area (Å²) in [7, 11) is 0. The summed E-state index contributed by atoms with van der Waals surface area (Å²) < 4.78 is 11.0. The minimum Gasteiger partial charge on any atom is -0.488 e. The topological polar surface area (TPSA) is 64.6 Å². The van der Waals surface area contributed by atoms with Gasteiger partial charge in [0.15, 0.2) is 6.10 Å². The van der Waals surface area contributed by atoms with Gasteiger partial charge in [-0.1, -0.05) is 12.1 Å². The van der Waals surface area contributed by atoms with Gasteiger partial charge in [0.2, 0.25) is 0 Å². The second-order valence-electron chi connectivity index (χ2n) is 5.96. The summed E-state index contributed by atoms with van der Waals surface area (Å²) in [5.41, 5.74) is 1.94. The molecule has 0 bridgehead atoms. The van der Waals surface area contributed by atoms with Gasteiger partial charge in [-0.05, 0) is 39.0 Å². The molecule has 2 aromatic rings. The molecule has 24 heavy (non-hydrogen) atoms. The van der Waals surface area contributed by atoms with Crippen LogP contribution in [0.1, 0.15) is 36.0 Å². The van der Waals surface area contributed by atoms with Crippen LogP contribution in [0.15, 0.2) is 30.3 Å². The Kier molecular flexibility index (Phi) is 4.57. The van der Waals surface area contributed by atoms with Gasteiger partial charge in [0.05, 0.1) is 0 Å².